The minimum Gasteiger partial charge on any atom is -0.504 e. The van der Waals surface area contributed by atoms with E-state index in [-0.39, 0.29) is 30.6 Å². The average molecular weight is 255 g/mol. The molecule has 0 radical (unpaired) electrons. The van der Waals surface area contributed by atoms with Crippen LogP contribution in [0.2, 0.25) is 0 Å². The zero-order valence-electron chi connectivity index (χ0n) is 10.1. The van der Waals surface area contributed by atoms with Crippen LogP contribution in [0.25, 0.3) is 0 Å². The Kier molecular flexibility index (Phi) is 5.41. The molecule has 0 fully saturated rings. The fourth-order valence-electron chi connectivity index (χ4n) is 1.53. The number of phenolic OH excluding ortho intramolecular Hbond substituents is 2. The van der Waals surface area contributed by atoms with Gasteiger partial charge in [0, 0.05) is 13.7 Å². The Labute approximate surface area is 105 Å². The second kappa shape index (κ2) is 6.83. The van der Waals surface area contributed by atoms with Crippen LogP contribution < -0.4 is 5.32 Å². The lowest BCUT2D eigenvalue weighted by atomic mass is 10.1. The zero-order valence-corrected chi connectivity index (χ0v) is 10.1. The van der Waals surface area contributed by atoms with Crippen LogP contribution in [0.4, 0.5) is 0 Å². The monoisotopic (exact) mass is 255 g/mol. The molecule has 0 aliphatic heterocycles. The highest BCUT2D eigenvalue weighted by atomic mass is 16.5. The number of phenols is 2. The van der Waals surface area contributed by atoms with Crippen LogP contribution in [0.3, 0.4) is 0 Å². The molecule has 100 valence electrons. The van der Waals surface area contributed by atoms with Crippen LogP contribution in [-0.4, -0.2) is 47.6 Å². The van der Waals surface area contributed by atoms with Crippen molar-refractivity contribution in [2.45, 2.75) is 12.5 Å². The largest absolute Gasteiger partial charge is 0.504 e. The molecular formula is C12H17NO5. The molecule has 6 nitrogen and oxygen atoms in total. The molecule has 0 saturated heterocycles. The van der Waals surface area contributed by atoms with Crippen molar-refractivity contribution >= 4 is 5.91 Å². The number of carbonyl (C=O) groups excluding carboxylic acids is 1. The number of para-hydroxylation sites is 1. The van der Waals surface area contributed by atoms with E-state index in [1.54, 1.807) is 0 Å². The summed E-state index contributed by atoms with van der Waals surface area (Å²) in [5, 5.41) is 30.3. The van der Waals surface area contributed by atoms with Gasteiger partial charge in [-0.25, -0.2) is 0 Å². The van der Waals surface area contributed by atoms with Crippen molar-refractivity contribution in [3.8, 4) is 11.5 Å². The molecule has 1 amide bonds. The predicted octanol–water partition coefficient (Wildman–Crippen LogP) is 0.225. The van der Waals surface area contributed by atoms with Crippen molar-refractivity contribution < 1.29 is 24.9 Å². The van der Waals surface area contributed by atoms with E-state index in [1.807, 2.05) is 0 Å². The van der Waals surface area contributed by atoms with E-state index in [0.717, 1.165) is 0 Å². The molecule has 1 unspecified atom stereocenters. The number of nitrogens with one attached hydrogen (secondary N) is 1. The first-order valence-electron chi connectivity index (χ1n) is 5.51. The maximum atomic E-state index is 11.9. The van der Waals surface area contributed by atoms with Crippen molar-refractivity contribution in [2.24, 2.45) is 0 Å². The number of benzene rings is 1. The summed E-state index contributed by atoms with van der Waals surface area (Å²) in [7, 11) is 1.49. The standard InChI is InChI=1S/C12H17NO5/c1-18-7-8(5-6-14)13-12(17)9-3-2-4-10(15)11(9)16/h2-4,8,14-16H,5-7H2,1H3,(H,13,17). The van der Waals surface area contributed by atoms with E-state index in [1.165, 1.54) is 25.3 Å². The Morgan fingerprint density at radius 2 is 2.17 bits per heavy atom. The summed E-state index contributed by atoms with van der Waals surface area (Å²) in [6.45, 7) is 0.173. The van der Waals surface area contributed by atoms with Crippen LogP contribution in [0.15, 0.2) is 18.2 Å². The Bertz CT molecular complexity index is 401. The van der Waals surface area contributed by atoms with Gasteiger partial charge in [-0.2, -0.15) is 0 Å². The lowest BCUT2D eigenvalue weighted by molar-refractivity contribution is 0.0875. The molecule has 6 heteroatoms. The molecule has 0 aliphatic rings. The summed E-state index contributed by atoms with van der Waals surface area (Å²) in [5.74, 6) is -1.35. The lowest BCUT2D eigenvalue weighted by Crippen LogP contribution is -2.38. The number of amides is 1. The van der Waals surface area contributed by atoms with E-state index >= 15 is 0 Å². The third-order valence-electron chi connectivity index (χ3n) is 2.44. The minimum atomic E-state index is -0.529. The van der Waals surface area contributed by atoms with Gasteiger partial charge in [-0.1, -0.05) is 6.07 Å². The van der Waals surface area contributed by atoms with Crippen LogP contribution in [-0.2, 0) is 4.74 Å². The van der Waals surface area contributed by atoms with Crippen molar-refractivity contribution in [1.29, 1.82) is 0 Å². The van der Waals surface area contributed by atoms with E-state index in [0.29, 0.717) is 6.42 Å². The van der Waals surface area contributed by atoms with Gasteiger partial charge in [0.1, 0.15) is 0 Å². The number of hydrogen-bond acceptors (Lipinski definition) is 5. The molecule has 0 aliphatic carbocycles. The first-order valence-corrected chi connectivity index (χ1v) is 5.51. The van der Waals surface area contributed by atoms with Crippen LogP contribution >= 0.6 is 0 Å². The Hall–Kier alpha value is -1.79. The highest BCUT2D eigenvalue weighted by molar-refractivity contribution is 5.97. The van der Waals surface area contributed by atoms with Gasteiger partial charge in [-0.3, -0.25) is 4.79 Å². The maximum absolute atomic E-state index is 11.9. The number of aliphatic hydroxyl groups is 1. The fraction of sp³-hybridized carbons (Fsp3) is 0.417. The normalized spacial score (nSPS) is 12.1. The van der Waals surface area contributed by atoms with Crippen LogP contribution in [0.1, 0.15) is 16.8 Å². The number of ether oxygens (including phenoxy) is 1. The molecule has 1 atom stereocenters. The number of methoxy groups -OCH3 is 1. The van der Waals surface area contributed by atoms with Gasteiger partial charge < -0.3 is 25.4 Å². The number of aliphatic hydroxyl groups excluding tert-OH is 1. The molecule has 0 heterocycles. The summed E-state index contributed by atoms with van der Waals surface area (Å²) in [6.07, 6.45) is 0.346. The van der Waals surface area contributed by atoms with Gasteiger partial charge >= 0.3 is 0 Å². The molecule has 4 N–H and O–H groups in total. The molecule has 0 bridgehead atoms. The van der Waals surface area contributed by atoms with Crippen molar-refractivity contribution in [1.82, 2.24) is 5.32 Å². The summed E-state index contributed by atoms with van der Waals surface area (Å²) < 4.78 is 4.91. The number of hydrogen-bond donors (Lipinski definition) is 4. The molecule has 1 aromatic carbocycles. The van der Waals surface area contributed by atoms with Gasteiger partial charge in [-0.05, 0) is 18.6 Å². The Morgan fingerprint density at radius 1 is 1.44 bits per heavy atom. The van der Waals surface area contributed by atoms with Crippen molar-refractivity contribution in [3.05, 3.63) is 23.8 Å². The number of aromatic hydroxyl groups is 2. The zero-order chi connectivity index (χ0) is 13.5. The average Bonchev–Trinajstić information content (AvgIpc) is 2.33. The van der Waals surface area contributed by atoms with Crippen LogP contribution in [0, 0.1) is 0 Å². The first-order chi connectivity index (χ1) is 8.60. The van der Waals surface area contributed by atoms with E-state index < -0.39 is 11.7 Å². The molecule has 1 aromatic rings. The molecule has 1 rings (SSSR count). The Morgan fingerprint density at radius 3 is 2.78 bits per heavy atom. The maximum Gasteiger partial charge on any atom is 0.255 e. The SMILES string of the molecule is COCC(CCO)NC(=O)c1cccc(O)c1O. The highest BCUT2D eigenvalue weighted by Gasteiger charge is 2.17. The lowest BCUT2D eigenvalue weighted by Gasteiger charge is -2.17. The van der Waals surface area contributed by atoms with Gasteiger partial charge in [0.2, 0.25) is 0 Å². The molecule has 0 spiro atoms. The summed E-state index contributed by atoms with van der Waals surface area (Å²) >= 11 is 0. The minimum absolute atomic E-state index is 0.0194. The summed E-state index contributed by atoms with van der Waals surface area (Å²) in [4.78, 5) is 11.9. The second-order valence-corrected chi connectivity index (χ2v) is 3.81. The summed E-state index contributed by atoms with van der Waals surface area (Å²) in [6, 6.07) is 3.79. The van der Waals surface area contributed by atoms with Crippen LogP contribution in [0.5, 0.6) is 11.5 Å². The van der Waals surface area contributed by atoms with E-state index in [2.05, 4.69) is 5.32 Å². The predicted molar refractivity (Wildman–Crippen MR) is 64.6 cm³/mol. The second-order valence-electron chi connectivity index (χ2n) is 3.81. The van der Waals surface area contributed by atoms with Gasteiger partial charge in [-0.15, -0.1) is 0 Å². The highest BCUT2D eigenvalue weighted by Crippen LogP contribution is 2.27. The molecule has 18 heavy (non-hydrogen) atoms. The number of carbonyl (C=O) groups is 1. The van der Waals surface area contributed by atoms with Crippen molar-refractivity contribution in [2.75, 3.05) is 20.3 Å². The quantitative estimate of drug-likeness (QED) is 0.545. The van der Waals surface area contributed by atoms with Gasteiger partial charge in [0.15, 0.2) is 11.5 Å². The third-order valence-corrected chi connectivity index (χ3v) is 2.44. The molecule has 0 aromatic heterocycles. The van der Waals surface area contributed by atoms with Crippen molar-refractivity contribution in [3.63, 3.8) is 0 Å². The van der Waals surface area contributed by atoms with Gasteiger partial charge in [0.25, 0.3) is 5.91 Å². The topological polar surface area (TPSA) is 99.0 Å². The van der Waals surface area contributed by atoms with E-state index in [9.17, 15) is 15.0 Å². The van der Waals surface area contributed by atoms with E-state index in [4.69, 9.17) is 9.84 Å². The first kappa shape index (κ1) is 14.3. The molecule has 0 saturated carbocycles. The summed E-state index contributed by atoms with van der Waals surface area (Å²) in [5.41, 5.74) is -0.0194. The Balaban J connectivity index is 2.77. The molecular weight excluding hydrogens is 238 g/mol. The third kappa shape index (κ3) is 3.61. The fourth-order valence-corrected chi connectivity index (χ4v) is 1.53. The van der Waals surface area contributed by atoms with Gasteiger partial charge in [0.05, 0.1) is 18.2 Å². The smallest absolute Gasteiger partial charge is 0.255 e. The number of rotatable bonds is 6.